The Morgan fingerprint density at radius 2 is 2.13 bits per heavy atom. The summed E-state index contributed by atoms with van der Waals surface area (Å²) in [5.74, 6) is -0.427. The van der Waals surface area contributed by atoms with Gasteiger partial charge in [0.1, 0.15) is 10.8 Å². The Morgan fingerprint density at radius 1 is 1.37 bits per heavy atom. The molecule has 0 saturated carbocycles. The number of benzene rings is 1. The van der Waals surface area contributed by atoms with Crippen LogP contribution in [-0.2, 0) is 4.79 Å². The van der Waals surface area contributed by atoms with Crippen LogP contribution in [0.25, 0.3) is 0 Å². The second-order valence-electron chi connectivity index (χ2n) is 6.88. The number of ketones is 1. The van der Waals surface area contributed by atoms with Crippen molar-refractivity contribution in [2.75, 3.05) is 4.90 Å². The molecule has 7 nitrogen and oxygen atoms in total. The number of anilines is 1. The van der Waals surface area contributed by atoms with Gasteiger partial charge in [0.25, 0.3) is 5.69 Å². The van der Waals surface area contributed by atoms with Crippen LogP contribution in [0.15, 0.2) is 56.8 Å². The maximum absolute atomic E-state index is 13.0. The van der Waals surface area contributed by atoms with E-state index >= 15 is 0 Å². The summed E-state index contributed by atoms with van der Waals surface area (Å²) in [5.41, 5.74) is 8.02. The van der Waals surface area contributed by atoms with E-state index in [1.165, 1.54) is 23.5 Å². The lowest BCUT2D eigenvalue weighted by Crippen LogP contribution is -2.38. The highest BCUT2D eigenvalue weighted by atomic mass is 79.9. The molecule has 2 N–H and O–H groups in total. The number of nitrogens with two attached hydrogens (primary N) is 1. The van der Waals surface area contributed by atoms with Gasteiger partial charge in [0.2, 0.25) is 0 Å². The highest BCUT2D eigenvalue weighted by Gasteiger charge is 2.41. The first-order valence-electron chi connectivity index (χ1n) is 8.97. The Hall–Kier alpha value is -2.67. The first-order chi connectivity index (χ1) is 14.3. The fourth-order valence-corrected chi connectivity index (χ4v) is 5.67. The first kappa shape index (κ1) is 20.6. The molecule has 0 fully saturated rings. The summed E-state index contributed by atoms with van der Waals surface area (Å²) in [7, 11) is 0. The zero-order valence-corrected chi connectivity index (χ0v) is 18.6. The minimum Gasteiger partial charge on any atom is -0.384 e. The Balaban J connectivity index is 1.97. The number of nitriles is 1. The van der Waals surface area contributed by atoms with Crippen LogP contribution in [0.2, 0.25) is 5.02 Å². The van der Waals surface area contributed by atoms with E-state index in [9.17, 15) is 20.2 Å². The van der Waals surface area contributed by atoms with E-state index in [2.05, 4.69) is 22.0 Å². The van der Waals surface area contributed by atoms with E-state index in [0.29, 0.717) is 36.2 Å². The monoisotopic (exact) mass is 504 g/mol. The molecular weight excluding hydrogens is 492 g/mol. The zero-order valence-electron chi connectivity index (χ0n) is 15.4. The van der Waals surface area contributed by atoms with Gasteiger partial charge in [-0.25, -0.2) is 0 Å². The van der Waals surface area contributed by atoms with Crippen LogP contribution in [0.3, 0.4) is 0 Å². The fraction of sp³-hybridized carbons (Fsp3) is 0.200. The second-order valence-corrected chi connectivity index (χ2v) is 9.14. The third-order valence-electron chi connectivity index (χ3n) is 5.17. The summed E-state index contributed by atoms with van der Waals surface area (Å²) in [4.78, 5) is 26.2. The van der Waals surface area contributed by atoms with Crippen LogP contribution >= 0.6 is 38.9 Å². The van der Waals surface area contributed by atoms with E-state index < -0.39 is 10.8 Å². The number of thiophene rings is 1. The number of nitrogens with zero attached hydrogens (tertiary/aromatic N) is 3. The summed E-state index contributed by atoms with van der Waals surface area (Å²) in [6, 6.07) is 8.39. The fourth-order valence-electron chi connectivity index (χ4n) is 3.93. The average molecular weight is 506 g/mol. The van der Waals surface area contributed by atoms with Crippen molar-refractivity contribution in [3.05, 3.63) is 76.8 Å². The van der Waals surface area contributed by atoms with Crippen molar-refractivity contribution < 1.29 is 9.72 Å². The molecule has 1 aliphatic heterocycles. The van der Waals surface area contributed by atoms with Crippen molar-refractivity contribution in [3.63, 3.8) is 0 Å². The SMILES string of the molecule is N#CC1=C(N)N(c2ccc(Cl)c([N+](=O)[O-])c2)C2=C(C(=O)CCC2)C1c1cc(Br)cs1. The van der Waals surface area contributed by atoms with Gasteiger partial charge in [0, 0.05) is 38.5 Å². The third kappa shape index (κ3) is 3.31. The zero-order chi connectivity index (χ0) is 21.6. The number of halogens is 2. The van der Waals surface area contributed by atoms with Gasteiger partial charge in [-0.1, -0.05) is 11.6 Å². The highest BCUT2D eigenvalue weighted by Crippen LogP contribution is 2.48. The molecule has 1 aromatic heterocycles. The summed E-state index contributed by atoms with van der Waals surface area (Å²) >= 11 is 10.8. The van der Waals surface area contributed by atoms with E-state index in [4.69, 9.17) is 17.3 Å². The number of rotatable bonds is 3. The lowest BCUT2D eigenvalue weighted by Gasteiger charge is -2.39. The molecule has 1 atom stereocenters. The largest absolute Gasteiger partial charge is 0.384 e. The van der Waals surface area contributed by atoms with Gasteiger partial charge in [0.15, 0.2) is 5.78 Å². The molecule has 30 heavy (non-hydrogen) atoms. The van der Waals surface area contributed by atoms with Gasteiger partial charge >= 0.3 is 0 Å². The van der Waals surface area contributed by atoms with Crippen molar-refractivity contribution in [1.82, 2.24) is 0 Å². The normalized spacial score (nSPS) is 19.0. The number of Topliss-reactive ketones (excluding diaryl/α,β-unsaturated/α-hetero) is 1. The number of carbonyl (C=O) groups excluding carboxylic acids is 1. The molecule has 2 heterocycles. The topological polar surface area (TPSA) is 113 Å². The molecule has 1 aromatic carbocycles. The van der Waals surface area contributed by atoms with Crippen molar-refractivity contribution >= 4 is 56.0 Å². The summed E-state index contributed by atoms with van der Waals surface area (Å²) < 4.78 is 0.861. The molecule has 2 aromatic rings. The van der Waals surface area contributed by atoms with Crippen LogP contribution in [-0.4, -0.2) is 10.7 Å². The van der Waals surface area contributed by atoms with Crippen LogP contribution < -0.4 is 10.6 Å². The molecule has 0 saturated heterocycles. The van der Waals surface area contributed by atoms with Crippen LogP contribution in [0.4, 0.5) is 11.4 Å². The molecule has 0 bridgehead atoms. The summed E-state index contributed by atoms with van der Waals surface area (Å²) in [6.07, 6.45) is 1.59. The third-order valence-corrected chi connectivity index (χ3v) is 7.25. The smallest absolute Gasteiger partial charge is 0.289 e. The molecule has 0 amide bonds. The Bertz CT molecular complexity index is 1200. The van der Waals surface area contributed by atoms with Gasteiger partial charge in [-0.05, 0) is 47.0 Å². The standard InChI is InChI=1S/C20H14BrClN4O3S/c21-10-6-17(30-9-10)18-12(8-23)20(24)25(14-2-1-3-16(27)19(14)18)11-4-5-13(22)15(7-11)26(28)29/h4-7,9,18H,1-3,24H2. The molecule has 152 valence electrons. The van der Waals surface area contributed by atoms with E-state index in [1.807, 2.05) is 11.4 Å². The molecule has 1 aliphatic carbocycles. The second kappa shape index (κ2) is 7.87. The molecule has 0 radical (unpaired) electrons. The number of allylic oxidation sites excluding steroid dienone is 3. The van der Waals surface area contributed by atoms with E-state index in [-0.39, 0.29) is 27.9 Å². The van der Waals surface area contributed by atoms with Crippen LogP contribution in [0, 0.1) is 21.4 Å². The van der Waals surface area contributed by atoms with Gasteiger partial charge < -0.3 is 5.73 Å². The Labute approximate surface area is 189 Å². The molecule has 2 aliphatic rings. The molecule has 0 spiro atoms. The average Bonchev–Trinajstić information content (AvgIpc) is 3.14. The van der Waals surface area contributed by atoms with Gasteiger partial charge in [-0.3, -0.25) is 19.8 Å². The van der Waals surface area contributed by atoms with Crippen LogP contribution in [0.1, 0.15) is 30.1 Å². The minimum atomic E-state index is -0.575. The van der Waals surface area contributed by atoms with Crippen LogP contribution in [0.5, 0.6) is 0 Å². The van der Waals surface area contributed by atoms with Gasteiger partial charge in [-0.2, -0.15) is 5.26 Å². The maximum atomic E-state index is 13.0. The Kier molecular flexibility index (Phi) is 5.40. The van der Waals surface area contributed by atoms with Gasteiger partial charge in [0.05, 0.1) is 28.2 Å². The maximum Gasteiger partial charge on any atom is 0.289 e. The lowest BCUT2D eigenvalue weighted by atomic mass is 9.78. The number of hydrogen-bond donors (Lipinski definition) is 1. The minimum absolute atomic E-state index is 0.000877. The highest BCUT2D eigenvalue weighted by molar-refractivity contribution is 9.10. The van der Waals surface area contributed by atoms with Crippen molar-refractivity contribution in [3.8, 4) is 6.07 Å². The summed E-state index contributed by atoms with van der Waals surface area (Å²) in [6.45, 7) is 0. The van der Waals surface area contributed by atoms with E-state index in [0.717, 1.165) is 9.35 Å². The number of hydrogen-bond acceptors (Lipinski definition) is 7. The molecule has 1 unspecified atom stereocenters. The summed E-state index contributed by atoms with van der Waals surface area (Å²) in [5, 5.41) is 23.2. The quantitative estimate of drug-likeness (QED) is 0.443. The molecule has 10 heteroatoms. The predicted molar refractivity (Wildman–Crippen MR) is 118 cm³/mol. The van der Waals surface area contributed by atoms with E-state index in [1.54, 1.807) is 11.0 Å². The number of nitro benzene ring substituents is 1. The van der Waals surface area contributed by atoms with Crippen molar-refractivity contribution in [1.29, 1.82) is 5.26 Å². The number of nitro groups is 1. The predicted octanol–water partition coefficient (Wildman–Crippen LogP) is 5.38. The van der Waals surface area contributed by atoms with Gasteiger partial charge in [-0.15, -0.1) is 11.3 Å². The van der Waals surface area contributed by atoms with Crippen molar-refractivity contribution in [2.45, 2.75) is 25.2 Å². The lowest BCUT2D eigenvalue weighted by molar-refractivity contribution is -0.384. The Morgan fingerprint density at radius 3 is 2.77 bits per heavy atom. The first-order valence-corrected chi connectivity index (χ1v) is 11.0. The molecular formula is C20H14BrClN4O3S. The number of carbonyl (C=O) groups is 1. The van der Waals surface area contributed by atoms with Crippen molar-refractivity contribution in [2.24, 2.45) is 5.73 Å². The molecule has 4 rings (SSSR count).